The molecule has 0 bridgehead atoms. The van der Waals surface area contributed by atoms with E-state index in [2.05, 4.69) is 35.9 Å². The summed E-state index contributed by atoms with van der Waals surface area (Å²) in [6.45, 7) is 11.0. The standard InChI is InChI=1S/C13H24N2/c1-4-5-10-15(12(2)3)11-13-6-8-14-9-7-13/h12-14H,6-11H2,1-3H3. The van der Waals surface area contributed by atoms with E-state index in [0.717, 1.165) is 12.5 Å². The van der Waals surface area contributed by atoms with Crippen LogP contribution in [0.1, 0.15) is 33.6 Å². The molecule has 0 unspecified atom stereocenters. The van der Waals surface area contributed by atoms with Gasteiger partial charge in [0.25, 0.3) is 0 Å². The predicted octanol–water partition coefficient (Wildman–Crippen LogP) is 1.72. The Morgan fingerprint density at radius 1 is 1.33 bits per heavy atom. The minimum Gasteiger partial charge on any atom is -0.317 e. The fourth-order valence-corrected chi connectivity index (χ4v) is 2.03. The van der Waals surface area contributed by atoms with Crippen LogP contribution in [0.25, 0.3) is 0 Å². The first kappa shape index (κ1) is 12.5. The summed E-state index contributed by atoms with van der Waals surface area (Å²) < 4.78 is 0. The molecule has 1 aliphatic heterocycles. The topological polar surface area (TPSA) is 15.3 Å². The molecule has 0 aromatic heterocycles. The van der Waals surface area contributed by atoms with Gasteiger partial charge in [0.1, 0.15) is 0 Å². The lowest BCUT2D eigenvalue weighted by Crippen LogP contribution is -2.39. The second-order valence-corrected chi connectivity index (χ2v) is 4.64. The molecule has 0 aromatic rings. The van der Waals surface area contributed by atoms with Gasteiger partial charge in [-0.05, 0) is 52.6 Å². The maximum atomic E-state index is 3.41. The van der Waals surface area contributed by atoms with Gasteiger partial charge in [0.15, 0.2) is 0 Å². The number of nitrogens with zero attached hydrogens (tertiary/aromatic N) is 1. The number of hydrogen-bond acceptors (Lipinski definition) is 2. The summed E-state index contributed by atoms with van der Waals surface area (Å²) in [5.74, 6) is 7.03. The van der Waals surface area contributed by atoms with Crippen molar-refractivity contribution < 1.29 is 0 Å². The van der Waals surface area contributed by atoms with Crippen LogP contribution in [0.2, 0.25) is 0 Å². The molecule has 0 radical (unpaired) electrons. The monoisotopic (exact) mass is 208 g/mol. The Morgan fingerprint density at radius 3 is 2.53 bits per heavy atom. The van der Waals surface area contributed by atoms with Crippen molar-refractivity contribution in [1.29, 1.82) is 0 Å². The Labute approximate surface area is 94.4 Å². The summed E-state index contributed by atoms with van der Waals surface area (Å²) >= 11 is 0. The first-order valence-corrected chi connectivity index (χ1v) is 6.08. The highest BCUT2D eigenvalue weighted by atomic mass is 15.1. The minimum absolute atomic E-state index is 0.612. The van der Waals surface area contributed by atoms with Gasteiger partial charge >= 0.3 is 0 Å². The van der Waals surface area contributed by atoms with Crippen LogP contribution in [-0.2, 0) is 0 Å². The highest BCUT2D eigenvalue weighted by molar-refractivity contribution is 4.98. The molecule has 0 saturated carbocycles. The average molecular weight is 208 g/mol. The van der Waals surface area contributed by atoms with E-state index in [1.165, 1.54) is 32.5 Å². The fraction of sp³-hybridized carbons (Fsp3) is 0.846. The minimum atomic E-state index is 0.612. The van der Waals surface area contributed by atoms with Gasteiger partial charge in [0.2, 0.25) is 0 Å². The highest BCUT2D eigenvalue weighted by Crippen LogP contribution is 2.14. The summed E-state index contributed by atoms with van der Waals surface area (Å²) in [5.41, 5.74) is 0. The zero-order chi connectivity index (χ0) is 11.1. The van der Waals surface area contributed by atoms with Crippen molar-refractivity contribution in [3.63, 3.8) is 0 Å². The lowest BCUT2D eigenvalue weighted by Gasteiger charge is -2.31. The smallest absolute Gasteiger partial charge is 0.0603 e. The average Bonchev–Trinajstić information content (AvgIpc) is 2.25. The molecule has 15 heavy (non-hydrogen) atoms. The maximum absolute atomic E-state index is 3.41. The maximum Gasteiger partial charge on any atom is 0.0603 e. The number of rotatable bonds is 4. The van der Waals surface area contributed by atoms with E-state index in [0.29, 0.717) is 6.04 Å². The first-order chi connectivity index (χ1) is 7.24. The molecule has 86 valence electrons. The lowest BCUT2D eigenvalue weighted by molar-refractivity contribution is 0.188. The van der Waals surface area contributed by atoms with Crippen molar-refractivity contribution in [3.8, 4) is 11.8 Å². The van der Waals surface area contributed by atoms with Crippen LogP contribution in [-0.4, -0.2) is 37.1 Å². The lowest BCUT2D eigenvalue weighted by atomic mass is 9.97. The SMILES string of the molecule is CC#CCN(CC1CCNCC1)C(C)C. The summed E-state index contributed by atoms with van der Waals surface area (Å²) in [6.07, 6.45) is 2.64. The molecule has 1 fully saturated rings. The molecule has 0 amide bonds. The summed E-state index contributed by atoms with van der Waals surface area (Å²) in [6, 6.07) is 0.612. The third-order valence-electron chi connectivity index (χ3n) is 3.14. The molecule has 1 aliphatic rings. The molecule has 2 heteroatoms. The van der Waals surface area contributed by atoms with Gasteiger partial charge < -0.3 is 5.32 Å². The number of nitrogens with one attached hydrogen (secondary N) is 1. The van der Waals surface area contributed by atoms with Crippen molar-refractivity contribution >= 4 is 0 Å². The van der Waals surface area contributed by atoms with E-state index in [4.69, 9.17) is 0 Å². The van der Waals surface area contributed by atoms with E-state index in [1.807, 2.05) is 6.92 Å². The molecule has 0 atom stereocenters. The van der Waals surface area contributed by atoms with Gasteiger partial charge in [-0.15, -0.1) is 5.92 Å². The first-order valence-electron chi connectivity index (χ1n) is 6.08. The van der Waals surface area contributed by atoms with Crippen molar-refractivity contribution in [2.75, 3.05) is 26.2 Å². The molecule has 1 rings (SSSR count). The molecule has 1 heterocycles. The van der Waals surface area contributed by atoms with Crippen molar-refractivity contribution in [2.45, 2.75) is 39.7 Å². The molecule has 1 saturated heterocycles. The zero-order valence-corrected chi connectivity index (χ0v) is 10.3. The van der Waals surface area contributed by atoms with Gasteiger partial charge in [-0.2, -0.15) is 0 Å². The van der Waals surface area contributed by atoms with E-state index in [1.54, 1.807) is 0 Å². The molecule has 0 aliphatic carbocycles. The van der Waals surface area contributed by atoms with Gasteiger partial charge in [0.05, 0.1) is 6.54 Å². The van der Waals surface area contributed by atoms with E-state index >= 15 is 0 Å². The third kappa shape index (κ3) is 4.68. The Balaban J connectivity index is 2.37. The molecule has 0 spiro atoms. The van der Waals surface area contributed by atoms with Crippen LogP contribution in [0.4, 0.5) is 0 Å². The Kier molecular flexibility index (Phi) is 5.75. The van der Waals surface area contributed by atoms with E-state index < -0.39 is 0 Å². The normalized spacial score (nSPS) is 17.9. The Bertz CT molecular complexity index is 218. The molecular formula is C13H24N2. The van der Waals surface area contributed by atoms with Crippen LogP contribution in [0.5, 0.6) is 0 Å². The van der Waals surface area contributed by atoms with Crippen LogP contribution in [0.15, 0.2) is 0 Å². The van der Waals surface area contributed by atoms with E-state index in [9.17, 15) is 0 Å². The molecule has 1 N–H and O–H groups in total. The summed E-state index contributed by atoms with van der Waals surface area (Å²) in [7, 11) is 0. The molecule has 2 nitrogen and oxygen atoms in total. The fourth-order valence-electron chi connectivity index (χ4n) is 2.03. The van der Waals surface area contributed by atoms with Crippen LogP contribution in [0.3, 0.4) is 0 Å². The molecule has 0 aromatic carbocycles. The van der Waals surface area contributed by atoms with Crippen molar-refractivity contribution in [2.24, 2.45) is 5.92 Å². The quantitative estimate of drug-likeness (QED) is 0.708. The second-order valence-electron chi connectivity index (χ2n) is 4.64. The number of piperidine rings is 1. The second kappa shape index (κ2) is 6.87. The van der Waals surface area contributed by atoms with Gasteiger partial charge in [-0.1, -0.05) is 5.92 Å². The molecular weight excluding hydrogens is 184 g/mol. The van der Waals surface area contributed by atoms with Crippen molar-refractivity contribution in [3.05, 3.63) is 0 Å². The van der Waals surface area contributed by atoms with Crippen LogP contribution < -0.4 is 5.32 Å². The van der Waals surface area contributed by atoms with Gasteiger partial charge in [-0.3, -0.25) is 4.90 Å². The largest absolute Gasteiger partial charge is 0.317 e. The van der Waals surface area contributed by atoms with Gasteiger partial charge in [-0.25, -0.2) is 0 Å². The van der Waals surface area contributed by atoms with Crippen LogP contribution >= 0.6 is 0 Å². The van der Waals surface area contributed by atoms with Crippen LogP contribution in [0, 0.1) is 17.8 Å². The summed E-state index contributed by atoms with van der Waals surface area (Å²) in [5, 5.41) is 3.41. The highest BCUT2D eigenvalue weighted by Gasteiger charge is 2.17. The zero-order valence-electron chi connectivity index (χ0n) is 10.3. The summed E-state index contributed by atoms with van der Waals surface area (Å²) in [4.78, 5) is 2.49. The third-order valence-corrected chi connectivity index (χ3v) is 3.14. The Hall–Kier alpha value is -0.520. The predicted molar refractivity (Wildman–Crippen MR) is 65.8 cm³/mol. The van der Waals surface area contributed by atoms with Gasteiger partial charge in [0, 0.05) is 12.6 Å². The van der Waals surface area contributed by atoms with Crippen molar-refractivity contribution in [1.82, 2.24) is 10.2 Å². The number of hydrogen-bond donors (Lipinski definition) is 1. The Morgan fingerprint density at radius 2 is 2.00 bits per heavy atom. The van der Waals surface area contributed by atoms with E-state index in [-0.39, 0.29) is 0 Å².